The number of carbonyl (C=O) groups excluding carboxylic acids is 2. The van der Waals surface area contributed by atoms with E-state index in [1.54, 1.807) is 48.5 Å². The smallest absolute Gasteiger partial charge is 0.238 e. The Morgan fingerprint density at radius 2 is 1.56 bits per heavy atom. The van der Waals surface area contributed by atoms with Crippen molar-refractivity contribution >= 4 is 17.5 Å². The Morgan fingerprint density at radius 1 is 0.926 bits per heavy atom. The van der Waals surface area contributed by atoms with E-state index in [-0.39, 0.29) is 35.5 Å². The number of anilines is 1. The fraction of sp³-hybridized carbons (Fsp3) is 0.227. The zero-order valence-corrected chi connectivity index (χ0v) is 14.4. The molecule has 0 spiro atoms. The number of imide groups is 1. The molecule has 1 saturated carbocycles. The van der Waals surface area contributed by atoms with Crippen LogP contribution in [0, 0.1) is 35.0 Å². The summed E-state index contributed by atoms with van der Waals surface area (Å²) < 4.78 is 5.94. The van der Waals surface area contributed by atoms with Crippen molar-refractivity contribution in [3.63, 3.8) is 0 Å². The molecule has 2 aromatic carbocycles. The Hall–Kier alpha value is -3.39. The fourth-order valence-corrected chi connectivity index (χ4v) is 4.59. The second kappa shape index (κ2) is 5.82. The molecule has 2 amide bonds. The van der Waals surface area contributed by atoms with E-state index in [0.29, 0.717) is 22.7 Å². The average Bonchev–Trinajstić information content (AvgIpc) is 3.37. The monoisotopic (exact) mass is 356 g/mol. The first-order valence-corrected chi connectivity index (χ1v) is 9.00. The van der Waals surface area contributed by atoms with Crippen molar-refractivity contribution in [3.8, 4) is 17.6 Å². The van der Waals surface area contributed by atoms with Crippen molar-refractivity contribution < 1.29 is 14.3 Å². The number of rotatable bonds is 3. The lowest BCUT2D eigenvalue weighted by Gasteiger charge is -2.20. The molecule has 2 aliphatic carbocycles. The summed E-state index contributed by atoms with van der Waals surface area (Å²) >= 11 is 0. The molecule has 0 N–H and O–H groups in total. The van der Waals surface area contributed by atoms with Gasteiger partial charge in [-0.05, 0) is 54.7 Å². The van der Waals surface area contributed by atoms with Crippen molar-refractivity contribution in [1.29, 1.82) is 5.26 Å². The lowest BCUT2D eigenvalue weighted by atomic mass is 9.85. The molecule has 5 nitrogen and oxygen atoms in total. The molecule has 1 aliphatic heterocycles. The number of allylic oxidation sites excluding steroid dienone is 2. The molecule has 2 aromatic rings. The van der Waals surface area contributed by atoms with Crippen molar-refractivity contribution in [2.45, 2.75) is 6.42 Å². The maximum absolute atomic E-state index is 13.1. The van der Waals surface area contributed by atoms with E-state index in [1.807, 2.05) is 0 Å². The van der Waals surface area contributed by atoms with Crippen LogP contribution in [0.3, 0.4) is 0 Å². The van der Waals surface area contributed by atoms with Gasteiger partial charge in [-0.2, -0.15) is 5.26 Å². The van der Waals surface area contributed by atoms with Gasteiger partial charge in [0.25, 0.3) is 0 Å². The number of hydrogen-bond donors (Lipinski definition) is 0. The molecule has 132 valence electrons. The predicted octanol–water partition coefficient (Wildman–Crippen LogP) is 3.66. The summed E-state index contributed by atoms with van der Waals surface area (Å²) in [4.78, 5) is 27.4. The van der Waals surface area contributed by atoms with E-state index in [1.165, 1.54) is 4.90 Å². The summed E-state index contributed by atoms with van der Waals surface area (Å²) in [5.41, 5.74) is 1.02. The topological polar surface area (TPSA) is 70.4 Å². The van der Waals surface area contributed by atoms with E-state index >= 15 is 0 Å². The Kier molecular flexibility index (Phi) is 3.41. The number of nitriles is 1. The highest BCUT2D eigenvalue weighted by Gasteiger charge is 2.59. The van der Waals surface area contributed by atoms with Crippen LogP contribution in [0.15, 0.2) is 60.7 Å². The number of nitrogens with zero attached hydrogens (tertiary/aromatic N) is 2. The fourth-order valence-electron chi connectivity index (χ4n) is 4.59. The molecule has 5 heteroatoms. The molecule has 1 saturated heterocycles. The van der Waals surface area contributed by atoms with Gasteiger partial charge in [-0.1, -0.05) is 24.3 Å². The molecule has 3 aliphatic rings. The van der Waals surface area contributed by atoms with Gasteiger partial charge in [0, 0.05) is 0 Å². The van der Waals surface area contributed by atoms with E-state index < -0.39 is 0 Å². The van der Waals surface area contributed by atoms with Crippen LogP contribution in [0.5, 0.6) is 11.5 Å². The van der Waals surface area contributed by atoms with Gasteiger partial charge in [-0.25, -0.2) is 4.90 Å². The van der Waals surface area contributed by atoms with Crippen LogP contribution in [-0.4, -0.2) is 11.8 Å². The maximum Gasteiger partial charge on any atom is 0.238 e. The van der Waals surface area contributed by atoms with E-state index in [9.17, 15) is 9.59 Å². The summed E-state index contributed by atoms with van der Waals surface area (Å²) in [6, 6.07) is 15.9. The summed E-state index contributed by atoms with van der Waals surface area (Å²) in [6.45, 7) is 0. The van der Waals surface area contributed by atoms with Gasteiger partial charge >= 0.3 is 0 Å². The van der Waals surface area contributed by atoms with Gasteiger partial charge in [-0.3, -0.25) is 9.59 Å². The lowest BCUT2D eigenvalue weighted by molar-refractivity contribution is -0.123. The first-order chi connectivity index (χ1) is 13.2. The highest BCUT2D eigenvalue weighted by molar-refractivity contribution is 6.23. The van der Waals surface area contributed by atoms with E-state index in [0.717, 1.165) is 6.42 Å². The third-order valence-corrected chi connectivity index (χ3v) is 5.79. The van der Waals surface area contributed by atoms with Crippen LogP contribution in [0.25, 0.3) is 0 Å². The minimum atomic E-state index is -0.240. The summed E-state index contributed by atoms with van der Waals surface area (Å²) in [5.74, 6) is 0.606. The van der Waals surface area contributed by atoms with Gasteiger partial charge < -0.3 is 4.74 Å². The first kappa shape index (κ1) is 15.8. The van der Waals surface area contributed by atoms with Crippen molar-refractivity contribution in [3.05, 3.63) is 66.2 Å². The van der Waals surface area contributed by atoms with E-state index in [4.69, 9.17) is 10.00 Å². The third kappa shape index (κ3) is 2.30. The number of carbonyl (C=O) groups is 2. The van der Waals surface area contributed by atoms with Gasteiger partial charge in [0.05, 0.1) is 29.2 Å². The number of para-hydroxylation sites is 2. The average molecular weight is 356 g/mol. The van der Waals surface area contributed by atoms with Crippen LogP contribution in [0.4, 0.5) is 5.69 Å². The van der Waals surface area contributed by atoms with Gasteiger partial charge in [0.1, 0.15) is 5.75 Å². The molecular weight excluding hydrogens is 340 g/mol. The lowest BCUT2D eigenvalue weighted by Crippen LogP contribution is -2.33. The molecular formula is C22H16N2O3. The first-order valence-electron chi connectivity index (χ1n) is 9.00. The number of benzene rings is 2. The number of ether oxygens (including phenoxy) is 1. The van der Waals surface area contributed by atoms with Crippen LogP contribution < -0.4 is 9.64 Å². The number of amides is 2. The minimum absolute atomic E-state index is 0.127. The molecule has 0 aromatic heterocycles. The number of hydrogen-bond acceptors (Lipinski definition) is 4. The third-order valence-electron chi connectivity index (χ3n) is 5.79. The van der Waals surface area contributed by atoms with Gasteiger partial charge in [-0.15, -0.1) is 0 Å². The molecule has 0 unspecified atom stereocenters. The largest absolute Gasteiger partial charge is 0.455 e. The SMILES string of the molecule is N#Cc1ccc(Oc2ccccc2N2C(=O)[C@@H]3[C@H](C2=O)[C@@H]2C=C[C@H]3C2)cc1. The zero-order chi connectivity index (χ0) is 18.5. The Bertz CT molecular complexity index is 989. The standard InChI is InChI=1S/C22H16N2O3/c23-12-13-5-9-16(10-6-13)27-18-4-2-1-3-17(18)24-21(25)19-14-7-8-15(11-14)20(19)22(24)26/h1-10,14-15,19-20H,11H2/t14-,15+,19-,20+. The molecule has 1 heterocycles. The maximum atomic E-state index is 13.1. The van der Waals surface area contributed by atoms with Crippen LogP contribution >= 0.6 is 0 Å². The second-order valence-electron chi connectivity index (χ2n) is 7.22. The Labute approximate surface area is 156 Å². The van der Waals surface area contributed by atoms with Crippen LogP contribution in [-0.2, 0) is 9.59 Å². The predicted molar refractivity (Wildman–Crippen MR) is 97.9 cm³/mol. The molecule has 4 atom stereocenters. The zero-order valence-electron chi connectivity index (χ0n) is 14.4. The highest BCUT2D eigenvalue weighted by Crippen LogP contribution is 2.54. The van der Waals surface area contributed by atoms with Gasteiger partial charge in [0.15, 0.2) is 5.75 Å². The quantitative estimate of drug-likeness (QED) is 0.622. The molecule has 5 rings (SSSR count). The second-order valence-corrected chi connectivity index (χ2v) is 7.22. The Morgan fingerprint density at radius 3 is 2.19 bits per heavy atom. The summed E-state index contributed by atoms with van der Waals surface area (Å²) in [7, 11) is 0. The normalized spacial score (nSPS) is 27.7. The van der Waals surface area contributed by atoms with Gasteiger partial charge in [0.2, 0.25) is 11.8 Å². The summed E-state index contributed by atoms with van der Waals surface area (Å²) in [6.07, 6.45) is 5.07. The molecule has 2 fully saturated rings. The molecule has 27 heavy (non-hydrogen) atoms. The summed E-state index contributed by atoms with van der Waals surface area (Å²) in [5, 5.41) is 8.91. The van der Waals surface area contributed by atoms with Crippen LogP contribution in [0.2, 0.25) is 0 Å². The number of fused-ring (bicyclic) bond motifs is 5. The molecule has 0 radical (unpaired) electrons. The van der Waals surface area contributed by atoms with Crippen molar-refractivity contribution in [1.82, 2.24) is 0 Å². The van der Waals surface area contributed by atoms with Crippen LogP contribution in [0.1, 0.15) is 12.0 Å². The Balaban J connectivity index is 1.49. The molecule has 2 bridgehead atoms. The van der Waals surface area contributed by atoms with Crippen molar-refractivity contribution in [2.24, 2.45) is 23.7 Å². The highest BCUT2D eigenvalue weighted by atomic mass is 16.5. The van der Waals surface area contributed by atoms with E-state index in [2.05, 4.69) is 18.2 Å². The minimum Gasteiger partial charge on any atom is -0.455 e. The van der Waals surface area contributed by atoms with Crippen molar-refractivity contribution in [2.75, 3.05) is 4.90 Å².